The molecule has 0 aliphatic heterocycles. The van der Waals surface area contributed by atoms with E-state index in [0.29, 0.717) is 18.7 Å². The monoisotopic (exact) mass is 382 g/mol. The van der Waals surface area contributed by atoms with E-state index in [4.69, 9.17) is 0 Å². The molecule has 0 bridgehead atoms. The summed E-state index contributed by atoms with van der Waals surface area (Å²) in [7, 11) is 0. The first-order chi connectivity index (χ1) is 13.5. The Morgan fingerprint density at radius 2 is 1.79 bits per heavy atom. The van der Waals surface area contributed by atoms with Crippen LogP contribution in [-0.4, -0.2) is 18.4 Å². The largest absolute Gasteiger partial charge is 0.352 e. The fraction of sp³-hybridized carbons (Fsp3) is 0.391. The van der Waals surface area contributed by atoms with Gasteiger partial charge in [0.1, 0.15) is 5.82 Å². The van der Waals surface area contributed by atoms with Crippen LogP contribution in [0.5, 0.6) is 0 Å². The number of hydrogen-bond donors (Lipinski definition) is 2. The Kier molecular flexibility index (Phi) is 6.45. The summed E-state index contributed by atoms with van der Waals surface area (Å²) < 4.78 is 13.7. The van der Waals surface area contributed by atoms with Gasteiger partial charge in [-0.15, -0.1) is 0 Å². The first-order valence-electron chi connectivity index (χ1n) is 9.96. The molecule has 1 fully saturated rings. The molecule has 4 nitrogen and oxygen atoms in total. The molecule has 0 saturated heterocycles. The minimum atomic E-state index is -0.668. The molecule has 1 aliphatic carbocycles. The molecular weight excluding hydrogens is 355 g/mol. The number of carbonyl (C=O) groups excluding carboxylic acids is 2. The normalized spacial score (nSPS) is 15.2. The topological polar surface area (TPSA) is 58.2 Å². The highest BCUT2D eigenvalue weighted by molar-refractivity contribution is 5.94. The molecule has 0 unspecified atom stereocenters. The van der Waals surface area contributed by atoms with Crippen LogP contribution in [0.2, 0.25) is 0 Å². The highest BCUT2D eigenvalue weighted by Crippen LogP contribution is 2.41. The van der Waals surface area contributed by atoms with Gasteiger partial charge in [0.25, 0.3) is 5.91 Å². The zero-order valence-corrected chi connectivity index (χ0v) is 16.3. The minimum Gasteiger partial charge on any atom is -0.352 e. The van der Waals surface area contributed by atoms with Gasteiger partial charge in [-0.3, -0.25) is 9.59 Å². The van der Waals surface area contributed by atoms with Crippen molar-refractivity contribution in [3.63, 3.8) is 0 Å². The molecule has 2 aromatic carbocycles. The second-order valence-electron chi connectivity index (χ2n) is 7.44. The van der Waals surface area contributed by atoms with Gasteiger partial charge < -0.3 is 10.6 Å². The first kappa shape index (κ1) is 20.1. The first-order valence-corrected chi connectivity index (χ1v) is 9.96. The van der Waals surface area contributed by atoms with Crippen molar-refractivity contribution in [3.8, 4) is 0 Å². The van der Waals surface area contributed by atoms with Gasteiger partial charge in [0, 0.05) is 18.7 Å². The lowest BCUT2D eigenvalue weighted by Crippen LogP contribution is -2.42. The zero-order valence-electron chi connectivity index (χ0n) is 16.3. The van der Waals surface area contributed by atoms with E-state index < -0.39 is 5.41 Å². The van der Waals surface area contributed by atoms with Gasteiger partial charge in [0.05, 0.1) is 5.41 Å². The molecule has 0 radical (unpaired) electrons. The number of carbonyl (C=O) groups is 2. The lowest BCUT2D eigenvalue weighted by molar-refractivity contribution is -0.126. The van der Waals surface area contributed by atoms with Crippen LogP contribution in [0.25, 0.3) is 0 Å². The van der Waals surface area contributed by atoms with Crippen molar-refractivity contribution in [2.45, 2.75) is 51.0 Å². The molecule has 2 amide bonds. The minimum absolute atomic E-state index is 0.0727. The summed E-state index contributed by atoms with van der Waals surface area (Å²) in [6.07, 6.45) is 4.24. The van der Waals surface area contributed by atoms with Crippen molar-refractivity contribution in [2.24, 2.45) is 0 Å². The maximum atomic E-state index is 13.7. The zero-order chi connectivity index (χ0) is 20.0. The van der Waals surface area contributed by atoms with Gasteiger partial charge in [0.15, 0.2) is 0 Å². The maximum absolute atomic E-state index is 13.7. The fourth-order valence-corrected chi connectivity index (χ4v) is 3.93. The SMILES string of the molecule is CCCNC(=O)c1cccc(CNC(=O)C2(c3cccc(F)c3)CCCC2)c1. The Morgan fingerprint density at radius 1 is 1.04 bits per heavy atom. The average Bonchev–Trinajstić information content (AvgIpc) is 3.22. The molecular formula is C23H27FN2O2. The van der Waals surface area contributed by atoms with Crippen molar-refractivity contribution >= 4 is 11.8 Å². The van der Waals surface area contributed by atoms with E-state index in [1.165, 1.54) is 12.1 Å². The van der Waals surface area contributed by atoms with E-state index in [1.807, 2.05) is 25.1 Å². The molecule has 148 valence electrons. The Bertz CT molecular complexity index is 844. The van der Waals surface area contributed by atoms with Crippen LogP contribution in [0.1, 0.15) is 60.5 Å². The van der Waals surface area contributed by atoms with Crippen LogP contribution in [-0.2, 0) is 16.8 Å². The molecule has 2 N–H and O–H groups in total. The molecule has 0 aromatic heterocycles. The summed E-state index contributed by atoms with van der Waals surface area (Å²) in [4.78, 5) is 25.2. The van der Waals surface area contributed by atoms with Crippen LogP contribution >= 0.6 is 0 Å². The van der Waals surface area contributed by atoms with E-state index in [0.717, 1.165) is 43.2 Å². The predicted octanol–water partition coefficient (Wildman–Crippen LogP) is 4.09. The summed E-state index contributed by atoms with van der Waals surface area (Å²) in [5.74, 6) is -0.499. The highest BCUT2D eigenvalue weighted by Gasteiger charge is 2.42. The number of amides is 2. The van der Waals surface area contributed by atoms with Crippen LogP contribution in [0.15, 0.2) is 48.5 Å². The molecule has 0 atom stereocenters. The average molecular weight is 382 g/mol. The Balaban J connectivity index is 1.71. The number of nitrogens with one attached hydrogen (secondary N) is 2. The summed E-state index contributed by atoms with van der Waals surface area (Å²) >= 11 is 0. The molecule has 2 aromatic rings. The smallest absolute Gasteiger partial charge is 0.251 e. The van der Waals surface area contributed by atoms with E-state index >= 15 is 0 Å². The van der Waals surface area contributed by atoms with Crippen molar-refractivity contribution in [1.82, 2.24) is 10.6 Å². The van der Waals surface area contributed by atoms with Crippen LogP contribution in [0.3, 0.4) is 0 Å². The van der Waals surface area contributed by atoms with E-state index in [-0.39, 0.29) is 17.6 Å². The number of rotatable bonds is 7. The van der Waals surface area contributed by atoms with Crippen LogP contribution in [0, 0.1) is 5.82 Å². The second-order valence-corrected chi connectivity index (χ2v) is 7.44. The molecule has 0 heterocycles. The number of benzene rings is 2. The lowest BCUT2D eigenvalue weighted by Gasteiger charge is -2.28. The van der Waals surface area contributed by atoms with Crippen molar-refractivity contribution in [3.05, 3.63) is 71.0 Å². The molecule has 0 spiro atoms. The molecule has 1 saturated carbocycles. The van der Waals surface area contributed by atoms with E-state index in [1.54, 1.807) is 18.2 Å². The standard InChI is InChI=1S/C23H27FN2O2/c1-2-13-25-21(27)18-8-5-7-17(14-18)16-26-22(28)23(11-3-4-12-23)19-9-6-10-20(24)15-19/h5-10,14-15H,2-4,11-13,16H2,1H3,(H,25,27)(H,26,28). The van der Waals surface area contributed by atoms with Crippen LogP contribution < -0.4 is 10.6 Å². The summed E-state index contributed by atoms with van der Waals surface area (Å²) in [6.45, 7) is 2.98. The van der Waals surface area contributed by atoms with Crippen LogP contribution in [0.4, 0.5) is 4.39 Å². The quantitative estimate of drug-likeness (QED) is 0.758. The molecule has 3 rings (SSSR count). The second kappa shape index (κ2) is 9.00. The molecule has 28 heavy (non-hydrogen) atoms. The predicted molar refractivity (Wildman–Crippen MR) is 107 cm³/mol. The third-order valence-corrected chi connectivity index (χ3v) is 5.45. The Morgan fingerprint density at radius 3 is 2.50 bits per heavy atom. The Labute approximate surface area is 165 Å². The highest BCUT2D eigenvalue weighted by atomic mass is 19.1. The van der Waals surface area contributed by atoms with Gasteiger partial charge >= 0.3 is 0 Å². The third-order valence-electron chi connectivity index (χ3n) is 5.45. The maximum Gasteiger partial charge on any atom is 0.251 e. The summed E-state index contributed by atoms with van der Waals surface area (Å²) in [6, 6.07) is 13.7. The van der Waals surface area contributed by atoms with Gasteiger partial charge in [-0.2, -0.15) is 0 Å². The Hall–Kier alpha value is -2.69. The van der Waals surface area contributed by atoms with Crippen molar-refractivity contribution < 1.29 is 14.0 Å². The third kappa shape index (κ3) is 4.41. The number of halogens is 1. The molecule has 1 aliphatic rings. The van der Waals surface area contributed by atoms with Gasteiger partial charge in [0.2, 0.25) is 5.91 Å². The van der Waals surface area contributed by atoms with Gasteiger partial charge in [-0.25, -0.2) is 4.39 Å². The van der Waals surface area contributed by atoms with E-state index in [2.05, 4.69) is 10.6 Å². The van der Waals surface area contributed by atoms with Crippen molar-refractivity contribution in [1.29, 1.82) is 0 Å². The van der Waals surface area contributed by atoms with Gasteiger partial charge in [-0.05, 0) is 54.7 Å². The van der Waals surface area contributed by atoms with Gasteiger partial charge in [-0.1, -0.05) is 44.0 Å². The number of hydrogen-bond acceptors (Lipinski definition) is 2. The van der Waals surface area contributed by atoms with E-state index in [9.17, 15) is 14.0 Å². The lowest BCUT2D eigenvalue weighted by atomic mass is 9.78. The summed E-state index contributed by atoms with van der Waals surface area (Å²) in [5.41, 5.74) is 1.53. The summed E-state index contributed by atoms with van der Waals surface area (Å²) in [5, 5.41) is 5.87. The van der Waals surface area contributed by atoms with Crippen molar-refractivity contribution in [2.75, 3.05) is 6.54 Å². The molecule has 5 heteroatoms. The fourth-order valence-electron chi connectivity index (χ4n) is 3.93.